The molecule has 0 saturated heterocycles. The van der Waals surface area contributed by atoms with Crippen molar-refractivity contribution < 1.29 is 8.87 Å². The van der Waals surface area contributed by atoms with Crippen molar-refractivity contribution in [3.8, 4) is 0 Å². The van der Waals surface area contributed by atoms with Crippen LogP contribution in [0.4, 0.5) is 8.87 Å². The first-order chi connectivity index (χ1) is 6.97. The fraction of sp³-hybridized carbons (Fsp3) is 0.455. The van der Waals surface area contributed by atoms with Gasteiger partial charge in [-0.15, -0.1) is 9.60 Å². The van der Waals surface area contributed by atoms with Gasteiger partial charge in [0, 0.05) is 32.4 Å². The highest BCUT2D eigenvalue weighted by Gasteiger charge is 2.02. The van der Waals surface area contributed by atoms with Gasteiger partial charge in [0.15, 0.2) is 0 Å². The number of likely N-dealkylation sites (N-methyl/N-ethyl adjacent to an activating group) is 2. The average molecular weight is 216 g/mol. The van der Waals surface area contributed by atoms with E-state index in [1.165, 1.54) is 12.2 Å². The molecule has 0 saturated carbocycles. The molecule has 0 aliphatic carbocycles. The third-order valence-corrected chi connectivity index (χ3v) is 1.97. The van der Waals surface area contributed by atoms with Crippen LogP contribution in [0.3, 0.4) is 0 Å². The van der Waals surface area contributed by atoms with E-state index in [1.54, 1.807) is 18.9 Å². The quantitative estimate of drug-likeness (QED) is 0.477. The molecule has 0 rings (SSSR count). The molecule has 0 radical (unpaired) electrons. The molecule has 0 aromatic carbocycles. The molecule has 0 spiro atoms. The van der Waals surface area contributed by atoms with Gasteiger partial charge in [-0.05, 0) is 19.1 Å². The van der Waals surface area contributed by atoms with Crippen LogP contribution < -0.4 is 0 Å². The highest BCUT2D eigenvalue weighted by molar-refractivity contribution is 5.19. The summed E-state index contributed by atoms with van der Waals surface area (Å²) in [4.78, 5) is 1.75. The number of halogens is 2. The zero-order valence-electron chi connectivity index (χ0n) is 9.34. The standard InChI is InChI=1S/C11H18F2N2/c1-5-15(13)9-8-14(4)11(3)7-6-10(2)12/h6-7H,2-3,5,8-9H2,1,4H3/b7-6-. The molecule has 0 heterocycles. The Bertz CT molecular complexity index is 249. The van der Waals surface area contributed by atoms with Crippen LogP contribution in [0.25, 0.3) is 0 Å². The molecule has 0 aliphatic rings. The lowest BCUT2D eigenvalue weighted by Crippen LogP contribution is -2.27. The lowest BCUT2D eigenvalue weighted by molar-refractivity contribution is 0.0268. The summed E-state index contributed by atoms with van der Waals surface area (Å²) in [5, 5.41) is 0.710. The summed E-state index contributed by atoms with van der Waals surface area (Å²) < 4.78 is 25.0. The van der Waals surface area contributed by atoms with Crippen molar-refractivity contribution in [1.29, 1.82) is 0 Å². The summed E-state index contributed by atoms with van der Waals surface area (Å²) in [5.74, 6) is -0.523. The molecule has 0 aromatic heterocycles. The van der Waals surface area contributed by atoms with Crippen molar-refractivity contribution in [2.45, 2.75) is 6.92 Å². The van der Waals surface area contributed by atoms with Crippen LogP contribution in [0.15, 0.2) is 36.8 Å². The highest BCUT2D eigenvalue weighted by Crippen LogP contribution is 2.03. The summed E-state index contributed by atoms with van der Waals surface area (Å²) in [6, 6.07) is 0. The number of hydrogen-bond donors (Lipinski definition) is 0. The van der Waals surface area contributed by atoms with Crippen molar-refractivity contribution in [3.63, 3.8) is 0 Å². The molecular weight excluding hydrogens is 198 g/mol. The van der Waals surface area contributed by atoms with E-state index in [9.17, 15) is 8.87 Å². The van der Waals surface area contributed by atoms with Crippen molar-refractivity contribution >= 4 is 0 Å². The van der Waals surface area contributed by atoms with E-state index in [4.69, 9.17) is 0 Å². The minimum Gasteiger partial charge on any atom is -0.374 e. The fourth-order valence-electron chi connectivity index (χ4n) is 0.874. The smallest absolute Gasteiger partial charge is 0.116 e. The maximum absolute atomic E-state index is 12.8. The second kappa shape index (κ2) is 7.17. The van der Waals surface area contributed by atoms with Gasteiger partial charge in [-0.2, -0.15) is 0 Å². The predicted octanol–water partition coefficient (Wildman–Crippen LogP) is 2.68. The Hall–Kier alpha value is -1.16. The molecule has 0 aliphatic heterocycles. The van der Waals surface area contributed by atoms with Crippen LogP contribution in [0.1, 0.15) is 6.92 Å². The largest absolute Gasteiger partial charge is 0.374 e. The number of hydrogen-bond acceptors (Lipinski definition) is 2. The van der Waals surface area contributed by atoms with Gasteiger partial charge in [-0.1, -0.05) is 13.2 Å². The van der Waals surface area contributed by atoms with E-state index < -0.39 is 5.83 Å². The van der Waals surface area contributed by atoms with Crippen molar-refractivity contribution in [2.24, 2.45) is 0 Å². The molecule has 0 fully saturated rings. The minimum absolute atomic E-state index is 0.302. The third kappa shape index (κ3) is 6.85. The van der Waals surface area contributed by atoms with Gasteiger partial charge in [-0.25, -0.2) is 4.39 Å². The summed E-state index contributed by atoms with van der Waals surface area (Å²) in [6.07, 6.45) is 2.74. The van der Waals surface area contributed by atoms with Crippen LogP contribution in [0, 0.1) is 0 Å². The first kappa shape index (κ1) is 13.8. The van der Waals surface area contributed by atoms with Gasteiger partial charge in [0.05, 0.1) is 0 Å². The Morgan fingerprint density at radius 1 is 1.27 bits per heavy atom. The van der Waals surface area contributed by atoms with Crippen LogP contribution in [-0.2, 0) is 0 Å². The van der Waals surface area contributed by atoms with Gasteiger partial charge in [-0.3, -0.25) is 0 Å². The molecule has 86 valence electrons. The molecule has 0 unspecified atom stereocenters. The Balaban J connectivity index is 3.94. The average Bonchev–Trinajstić information content (AvgIpc) is 2.21. The Morgan fingerprint density at radius 2 is 1.87 bits per heavy atom. The van der Waals surface area contributed by atoms with Crippen LogP contribution in [0.5, 0.6) is 0 Å². The Morgan fingerprint density at radius 3 is 2.33 bits per heavy atom. The molecule has 4 heteroatoms. The van der Waals surface area contributed by atoms with Gasteiger partial charge in [0.2, 0.25) is 0 Å². The summed E-state index contributed by atoms with van der Waals surface area (Å²) in [7, 11) is 1.77. The molecule has 0 amide bonds. The molecule has 2 nitrogen and oxygen atoms in total. The Kier molecular flexibility index (Phi) is 6.62. The van der Waals surface area contributed by atoms with Crippen LogP contribution in [-0.4, -0.2) is 36.7 Å². The first-order valence-corrected chi connectivity index (χ1v) is 4.80. The monoisotopic (exact) mass is 216 g/mol. The zero-order chi connectivity index (χ0) is 11.8. The van der Waals surface area contributed by atoms with Gasteiger partial charge < -0.3 is 4.90 Å². The minimum atomic E-state index is -0.523. The number of allylic oxidation sites excluding steroid dienone is 3. The van der Waals surface area contributed by atoms with E-state index in [0.29, 0.717) is 30.5 Å². The molecular formula is C11H18F2N2. The van der Waals surface area contributed by atoms with E-state index >= 15 is 0 Å². The maximum atomic E-state index is 12.8. The highest BCUT2D eigenvalue weighted by atomic mass is 19.2. The summed E-state index contributed by atoms with van der Waals surface area (Å²) in [6.45, 7) is 9.72. The van der Waals surface area contributed by atoms with Crippen molar-refractivity contribution in [1.82, 2.24) is 10.0 Å². The molecule has 0 aromatic rings. The van der Waals surface area contributed by atoms with Crippen molar-refractivity contribution in [2.75, 3.05) is 26.7 Å². The predicted molar refractivity (Wildman–Crippen MR) is 59.5 cm³/mol. The van der Waals surface area contributed by atoms with Crippen molar-refractivity contribution in [3.05, 3.63) is 36.8 Å². The Labute approximate surface area is 90.1 Å². The second-order valence-electron chi connectivity index (χ2n) is 3.20. The molecule has 0 atom stereocenters. The lowest BCUT2D eigenvalue weighted by Gasteiger charge is -2.20. The van der Waals surface area contributed by atoms with Gasteiger partial charge in [0.25, 0.3) is 0 Å². The summed E-state index contributed by atoms with van der Waals surface area (Å²) >= 11 is 0. The number of rotatable bonds is 7. The van der Waals surface area contributed by atoms with Gasteiger partial charge in [0.1, 0.15) is 5.83 Å². The SMILES string of the molecule is C=C(F)/C=C\C(=C)N(C)CCN(F)CC. The zero-order valence-corrected chi connectivity index (χ0v) is 9.34. The maximum Gasteiger partial charge on any atom is 0.116 e. The molecule has 0 N–H and O–H groups in total. The van der Waals surface area contributed by atoms with E-state index in [-0.39, 0.29) is 0 Å². The molecule has 0 bridgehead atoms. The topological polar surface area (TPSA) is 6.48 Å². The third-order valence-electron chi connectivity index (χ3n) is 1.97. The summed E-state index contributed by atoms with van der Waals surface area (Å²) in [5.41, 5.74) is 0.623. The number of nitrogens with zero attached hydrogens (tertiary/aromatic N) is 2. The lowest BCUT2D eigenvalue weighted by atomic mass is 10.3. The fourth-order valence-corrected chi connectivity index (χ4v) is 0.874. The van der Waals surface area contributed by atoms with Crippen LogP contribution in [0.2, 0.25) is 0 Å². The van der Waals surface area contributed by atoms with Gasteiger partial charge >= 0.3 is 0 Å². The second-order valence-corrected chi connectivity index (χ2v) is 3.20. The van der Waals surface area contributed by atoms with E-state index in [1.807, 2.05) is 0 Å². The van der Waals surface area contributed by atoms with E-state index in [0.717, 1.165) is 0 Å². The molecule has 15 heavy (non-hydrogen) atoms. The van der Waals surface area contributed by atoms with E-state index in [2.05, 4.69) is 13.2 Å². The van der Waals surface area contributed by atoms with Crippen LogP contribution >= 0.6 is 0 Å². The normalized spacial score (nSPS) is 11.0. The first-order valence-electron chi connectivity index (χ1n) is 4.80.